The smallest absolute Gasteiger partial charge is 0.361 e. The molecule has 1 aromatic heterocycles. The number of rotatable bonds is 4. The summed E-state index contributed by atoms with van der Waals surface area (Å²) in [5.41, 5.74) is -0.480. The molecule has 1 heterocycles. The van der Waals surface area contributed by atoms with Crippen molar-refractivity contribution >= 4 is 28.6 Å². The average molecular weight is 355 g/mol. The molecule has 0 spiro atoms. The van der Waals surface area contributed by atoms with E-state index in [2.05, 4.69) is 10.3 Å². The highest BCUT2D eigenvalue weighted by atomic mass is 127. The quantitative estimate of drug-likeness (QED) is 0.471. The van der Waals surface area contributed by atoms with Crippen molar-refractivity contribution < 1.29 is 13.9 Å². The first-order chi connectivity index (χ1) is 7.81. The van der Waals surface area contributed by atoms with Crippen LogP contribution in [0.25, 0.3) is 0 Å². The number of aromatic nitrogens is 3. The highest BCUT2D eigenvalue weighted by Crippen LogP contribution is 2.10. The number of halogens is 2. The van der Waals surface area contributed by atoms with Gasteiger partial charge in [0.1, 0.15) is 11.8 Å². The Kier molecular flexibility index (Phi) is 4.84. The number of nitrogens with zero attached hydrogens (tertiary/aromatic N) is 3. The van der Waals surface area contributed by atoms with Crippen LogP contribution in [0.4, 0.5) is 4.39 Å². The second-order valence-electron chi connectivity index (χ2n) is 4.58. The second kappa shape index (κ2) is 5.74. The van der Waals surface area contributed by atoms with Gasteiger partial charge in [0.2, 0.25) is 0 Å². The van der Waals surface area contributed by atoms with Gasteiger partial charge in [0.05, 0.1) is 12.7 Å². The first-order valence-corrected chi connectivity index (χ1v) is 6.68. The zero-order chi connectivity index (χ0) is 13.1. The zero-order valence-corrected chi connectivity index (χ0v) is 12.1. The van der Waals surface area contributed by atoms with Crippen LogP contribution in [-0.2, 0) is 11.3 Å². The summed E-state index contributed by atoms with van der Waals surface area (Å²) in [7, 11) is 0. The van der Waals surface area contributed by atoms with Crippen molar-refractivity contribution in [2.24, 2.45) is 0 Å². The molecule has 0 N–H and O–H groups in total. The van der Waals surface area contributed by atoms with E-state index in [0.29, 0.717) is 4.43 Å². The minimum absolute atomic E-state index is 0.0960. The highest BCUT2D eigenvalue weighted by molar-refractivity contribution is 14.1. The Morgan fingerprint density at radius 2 is 2.29 bits per heavy atom. The maximum Gasteiger partial charge on any atom is 0.361 e. The molecule has 0 saturated carbocycles. The molecule has 0 fully saturated rings. The molecule has 0 bridgehead atoms. The van der Waals surface area contributed by atoms with Gasteiger partial charge in [-0.25, -0.2) is 13.9 Å². The van der Waals surface area contributed by atoms with E-state index in [-0.39, 0.29) is 12.2 Å². The Balaban J connectivity index is 2.65. The molecule has 0 radical (unpaired) electrons. The largest absolute Gasteiger partial charge is 0.455 e. The Bertz CT molecular complexity index is 389. The van der Waals surface area contributed by atoms with Gasteiger partial charge in [-0.15, -0.1) is 5.10 Å². The Morgan fingerprint density at radius 1 is 1.65 bits per heavy atom. The predicted molar refractivity (Wildman–Crippen MR) is 69.0 cm³/mol. The molecular formula is C10H15FIN3O2. The normalized spacial score (nSPS) is 13.5. The van der Waals surface area contributed by atoms with Gasteiger partial charge in [0.25, 0.3) is 0 Å². The van der Waals surface area contributed by atoms with E-state index >= 15 is 0 Å². The van der Waals surface area contributed by atoms with E-state index in [1.54, 1.807) is 20.8 Å². The molecule has 96 valence electrons. The first kappa shape index (κ1) is 14.3. The van der Waals surface area contributed by atoms with Gasteiger partial charge in [-0.3, -0.25) is 0 Å². The standard InChI is InChI=1S/C10H15FIN3O2/c1-10(2,3)17-9(16)8-6-15(14-13-8)5-7(11)4-12/h6-7H,4-5H2,1-3H3. The third-order valence-corrected chi connectivity index (χ3v) is 2.65. The third kappa shape index (κ3) is 4.97. The summed E-state index contributed by atoms with van der Waals surface area (Å²) in [5, 5.41) is 7.33. The van der Waals surface area contributed by atoms with Gasteiger partial charge in [-0.05, 0) is 20.8 Å². The Hall–Kier alpha value is -0.730. The number of esters is 1. The van der Waals surface area contributed by atoms with Gasteiger partial charge in [0, 0.05) is 4.43 Å². The molecule has 17 heavy (non-hydrogen) atoms. The van der Waals surface area contributed by atoms with Gasteiger partial charge < -0.3 is 4.74 Å². The molecule has 0 aliphatic rings. The van der Waals surface area contributed by atoms with E-state index in [9.17, 15) is 9.18 Å². The molecule has 0 aliphatic carbocycles. The van der Waals surface area contributed by atoms with Crippen molar-refractivity contribution in [2.45, 2.75) is 39.1 Å². The number of ether oxygens (including phenoxy) is 1. The van der Waals surface area contributed by atoms with Crippen molar-refractivity contribution in [2.75, 3.05) is 4.43 Å². The first-order valence-electron chi connectivity index (χ1n) is 5.15. The van der Waals surface area contributed by atoms with Gasteiger partial charge in [-0.2, -0.15) is 0 Å². The van der Waals surface area contributed by atoms with Crippen LogP contribution < -0.4 is 0 Å². The molecule has 1 rings (SSSR count). The van der Waals surface area contributed by atoms with Crippen molar-refractivity contribution in [3.8, 4) is 0 Å². The predicted octanol–water partition coefficient (Wildman–Crippen LogP) is 2.01. The molecule has 0 saturated heterocycles. The molecule has 1 atom stereocenters. The topological polar surface area (TPSA) is 57.0 Å². The number of carbonyl (C=O) groups is 1. The number of alkyl halides is 2. The van der Waals surface area contributed by atoms with E-state index in [1.165, 1.54) is 10.9 Å². The summed E-state index contributed by atoms with van der Waals surface area (Å²) >= 11 is 1.95. The van der Waals surface area contributed by atoms with Crippen LogP contribution in [0.15, 0.2) is 6.20 Å². The molecule has 1 unspecified atom stereocenters. The van der Waals surface area contributed by atoms with E-state index in [0.717, 1.165) is 0 Å². The summed E-state index contributed by atoms with van der Waals surface area (Å²) in [6.07, 6.45) is 0.399. The lowest BCUT2D eigenvalue weighted by Crippen LogP contribution is -2.24. The minimum atomic E-state index is -0.996. The fourth-order valence-electron chi connectivity index (χ4n) is 1.06. The molecule has 1 aromatic rings. The Morgan fingerprint density at radius 3 is 2.82 bits per heavy atom. The van der Waals surface area contributed by atoms with Gasteiger partial charge >= 0.3 is 5.97 Å². The lowest BCUT2D eigenvalue weighted by atomic mass is 10.2. The maximum atomic E-state index is 13.1. The summed E-state index contributed by atoms with van der Waals surface area (Å²) in [4.78, 5) is 11.6. The lowest BCUT2D eigenvalue weighted by Gasteiger charge is -2.18. The monoisotopic (exact) mass is 355 g/mol. The number of hydrogen-bond acceptors (Lipinski definition) is 4. The van der Waals surface area contributed by atoms with Crippen molar-refractivity contribution in [3.05, 3.63) is 11.9 Å². The number of hydrogen-bond donors (Lipinski definition) is 0. The van der Waals surface area contributed by atoms with Crippen LogP contribution in [0.2, 0.25) is 0 Å². The summed E-state index contributed by atoms with van der Waals surface area (Å²) in [6.45, 7) is 5.40. The van der Waals surface area contributed by atoms with Crippen LogP contribution in [0.5, 0.6) is 0 Å². The van der Waals surface area contributed by atoms with Crippen molar-refractivity contribution in [1.82, 2.24) is 15.0 Å². The van der Waals surface area contributed by atoms with E-state index < -0.39 is 17.7 Å². The van der Waals surface area contributed by atoms with Crippen LogP contribution in [0.1, 0.15) is 31.3 Å². The van der Waals surface area contributed by atoms with Crippen LogP contribution in [-0.4, -0.2) is 37.2 Å². The molecular weight excluding hydrogens is 340 g/mol. The van der Waals surface area contributed by atoms with Crippen LogP contribution in [0, 0.1) is 0 Å². The molecule has 0 amide bonds. The van der Waals surface area contributed by atoms with Crippen molar-refractivity contribution in [3.63, 3.8) is 0 Å². The fraction of sp³-hybridized carbons (Fsp3) is 0.700. The summed E-state index contributed by atoms with van der Waals surface area (Å²) in [5.74, 6) is -0.548. The SMILES string of the molecule is CC(C)(C)OC(=O)c1cn(CC(F)CI)nn1. The van der Waals surface area contributed by atoms with E-state index in [1.807, 2.05) is 22.6 Å². The fourth-order valence-corrected chi connectivity index (χ4v) is 1.34. The summed E-state index contributed by atoms with van der Waals surface area (Å²) < 4.78 is 19.9. The zero-order valence-electron chi connectivity index (χ0n) is 9.98. The van der Waals surface area contributed by atoms with Crippen LogP contribution in [0.3, 0.4) is 0 Å². The average Bonchev–Trinajstić information content (AvgIpc) is 2.63. The second-order valence-corrected chi connectivity index (χ2v) is 5.46. The maximum absolute atomic E-state index is 13.1. The number of carbonyl (C=O) groups excluding carboxylic acids is 1. The van der Waals surface area contributed by atoms with Crippen molar-refractivity contribution in [1.29, 1.82) is 0 Å². The van der Waals surface area contributed by atoms with Crippen LogP contribution >= 0.6 is 22.6 Å². The molecule has 0 aromatic carbocycles. The third-order valence-electron chi connectivity index (χ3n) is 1.70. The lowest BCUT2D eigenvalue weighted by molar-refractivity contribution is 0.00626. The molecule has 7 heteroatoms. The van der Waals surface area contributed by atoms with E-state index in [4.69, 9.17) is 4.74 Å². The van der Waals surface area contributed by atoms with Gasteiger partial charge in [-0.1, -0.05) is 27.8 Å². The highest BCUT2D eigenvalue weighted by Gasteiger charge is 2.20. The van der Waals surface area contributed by atoms with Gasteiger partial charge in [0.15, 0.2) is 5.69 Å². The Labute approximate surface area is 113 Å². The summed E-state index contributed by atoms with van der Waals surface area (Å²) in [6, 6.07) is 0. The minimum Gasteiger partial charge on any atom is -0.455 e. The molecule has 5 nitrogen and oxygen atoms in total. The molecule has 0 aliphatic heterocycles.